The molecule has 2 amide bonds. The summed E-state index contributed by atoms with van der Waals surface area (Å²) in [6, 6.07) is 22.0. The van der Waals surface area contributed by atoms with Crippen LogP contribution in [0.5, 0.6) is 5.75 Å². The molecule has 170 valence electrons. The molecule has 0 aliphatic heterocycles. The number of benzene rings is 3. The van der Waals surface area contributed by atoms with Crippen molar-refractivity contribution in [2.45, 2.75) is 0 Å². The number of ether oxygens (including phenoxy) is 1. The van der Waals surface area contributed by atoms with Crippen LogP contribution in [0.4, 0.5) is 11.4 Å². The normalized spacial score (nSPS) is 10.8. The van der Waals surface area contributed by atoms with E-state index in [4.69, 9.17) is 4.74 Å². The van der Waals surface area contributed by atoms with E-state index in [0.29, 0.717) is 27.3 Å². The minimum atomic E-state index is -0.475. The zero-order valence-corrected chi connectivity index (χ0v) is 18.5. The van der Waals surface area contributed by atoms with Crippen LogP contribution in [0.3, 0.4) is 0 Å². The maximum absolute atomic E-state index is 12.4. The first-order valence-corrected chi connectivity index (χ1v) is 10.9. The van der Waals surface area contributed by atoms with E-state index in [-0.39, 0.29) is 18.2 Å². The Hall–Kier alpha value is -4.57. The third-order valence-corrected chi connectivity index (χ3v) is 5.74. The van der Waals surface area contributed by atoms with Crippen LogP contribution in [0.25, 0.3) is 10.1 Å². The molecule has 0 fully saturated rings. The first-order valence-electron chi connectivity index (χ1n) is 10.1. The van der Waals surface area contributed by atoms with Gasteiger partial charge in [0.05, 0.1) is 16.0 Å². The summed E-state index contributed by atoms with van der Waals surface area (Å²) in [4.78, 5) is 35.1. The van der Waals surface area contributed by atoms with Crippen molar-refractivity contribution in [2.75, 3.05) is 11.9 Å². The number of carbonyl (C=O) groups excluding carboxylic acids is 2. The molecule has 2 N–H and O–H groups in total. The van der Waals surface area contributed by atoms with E-state index in [1.165, 1.54) is 29.7 Å². The summed E-state index contributed by atoms with van der Waals surface area (Å²) in [6.45, 7) is -0.128. The van der Waals surface area contributed by atoms with Crippen LogP contribution in [0, 0.1) is 10.1 Å². The lowest BCUT2D eigenvalue weighted by atomic mass is 10.2. The van der Waals surface area contributed by atoms with Gasteiger partial charge in [-0.25, -0.2) is 5.43 Å². The van der Waals surface area contributed by atoms with Crippen LogP contribution < -0.4 is 15.5 Å². The molecule has 1 aromatic heterocycles. The number of nitro benzene ring substituents is 1. The summed E-state index contributed by atoms with van der Waals surface area (Å²) in [5.74, 6) is -0.163. The van der Waals surface area contributed by atoms with Gasteiger partial charge in [-0.05, 0) is 54.1 Å². The fourth-order valence-corrected chi connectivity index (χ4v) is 3.93. The summed E-state index contributed by atoms with van der Waals surface area (Å²) >= 11 is 1.22. The highest BCUT2D eigenvalue weighted by atomic mass is 32.1. The van der Waals surface area contributed by atoms with Gasteiger partial charge in [-0.2, -0.15) is 5.10 Å². The Bertz CT molecular complexity index is 1370. The number of hydrogen-bond acceptors (Lipinski definition) is 7. The van der Waals surface area contributed by atoms with Gasteiger partial charge >= 0.3 is 0 Å². The first-order chi connectivity index (χ1) is 16.5. The number of non-ortho nitro benzene ring substituents is 1. The lowest BCUT2D eigenvalue weighted by molar-refractivity contribution is -0.384. The smallest absolute Gasteiger partial charge is 0.281 e. The number of carbonyl (C=O) groups is 2. The SMILES string of the molecule is O=C(COc1ccc(/C=N\NC(=O)c2cc3cc([N+](=O)[O-])ccc3s2)cc1)Nc1ccccc1. The van der Waals surface area contributed by atoms with Crippen molar-refractivity contribution in [3.05, 3.63) is 99.4 Å². The molecule has 1 heterocycles. The molecular formula is C24H18N4O5S. The van der Waals surface area contributed by atoms with Gasteiger partial charge < -0.3 is 10.1 Å². The van der Waals surface area contributed by atoms with Crippen LogP contribution in [0.15, 0.2) is 84.0 Å². The third kappa shape index (κ3) is 5.81. The van der Waals surface area contributed by atoms with Crippen molar-refractivity contribution < 1.29 is 19.2 Å². The maximum Gasteiger partial charge on any atom is 0.281 e. The highest BCUT2D eigenvalue weighted by Gasteiger charge is 2.13. The number of para-hydroxylation sites is 1. The van der Waals surface area contributed by atoms with E-state index >= 15 is 0 Å². The van der Waals surface area contributed by atoms with Gasteiger partial charge in [0, 0.05) is 27.9 Å². The molecule has 0 spiro atoms. The van der Waals surface area contributed by atoms with Gasteiger partial charge in [0.1, 0.15) is 5.75 Å². The van der Waals surface area contributed by atoms with E-state index < -0.39 is 10.8 Å². The number of nitrogens with zero attached hydrogens (tertiary/aromatic N) is 2. The first kappa shape index (κ1) is 22.6. The van der Waals surface area contributed by atoms with Crippen LogP contribution in [-0.4, -0.2) is 29.6 Å². The number of amides is 2. The Balaban J connectivity index is 1.28. The van der Waals surface area contributed by atoms with Crippen molar-refractivity contribution in [3.8, 4) is 5.75 Å². The van der Waals surface area contributed by atoms with Gasteiger partial charge in [0.15, 0.2) is 6.61 Å². The van der Waals surface area contributed by atoms with Crippen LogP contribution in [0.1, 0.15) is 15.2 Å². The number of nitro groups is 1. The molecule has 0 aliphatic carbocycles. The molecule has 10 heteroatoms. The van der Waals surface area contributed by atoms with Crippen molar-refractivity contribution >= 4 is 50.8 Å². The number of nitrogens with one attached hydrogen (secondary N) is 2. The minimum Gasteiger partial charge on any atom is -0.484 e. The summed E-state index contributed by atoms with van der Waals surface area (Å²) in [5, 5.41) is 18.2. The Morgan fingerprint density at radius 2 is 1.79 bits per heavy atom. The largest absolute Gasteiger partial charge is 0.484 e. The van der Waals surface area contributed by atoms with E-state index in [2.05, 4.69) is 15.8 Å². The molecule has 0 bridgehead atoms. The highest BCUT2D eigenvalue weighted by molar-refractivity contribution is 7.20. The Morgan fingerprint density at radius 3 is 2.53 bits per heavy atom. The molecule has 9 nitrogen and oxygen atoms in total. The summed E-state index contributed by atoms with van der Waals surface area (Å²) < 4.78 is 6.25. The third-order valence-electron chi connectivity index (χ3n) is 4.62. The number of hydrogen-bond donors (Lipinski definition) is 2. The number of rotatable bonds is 8. The standard InChI is InChI=1S/C24H18N4O5S/c29-23(26-18-4-2-1-3-5-18)15-33-20-9-6-16(7-10-20)14-25-27-24(30)22-13-17-12-19(28(31)32)8-11-21(17)34-22/h1-14H,15H2,(H,26,29)(H,27,30)/b25-14-. The predicted molar refractivity (Wildman–Crippen MR) is 131 cm³/mol. The molecule has 0 saturated heterocycles. The maximum atomic E-state index is 12.4. The second-order valence-electron chi connectivity index (χ2n) is 7.06. The Labute approximate surface area is 197 Å². The fraction of sp³-hybridized carbons (Fsp3) is 0.0417. The molecule has 0 saturated carbocycles. The summed E-state index contributed by atoms with van der Waals surface area (Å²) in [6.07, 6.45) is 1.47. The van der Waals surface area contributed by atoms with E-state index in [0.717, 1.165) is 4.70 Å². The van der Waals surface area contributed by atoms with Crippen molar-refractivity contribution in [1.82, 2.24) is 5.43 Å². The monoisotopic (exact) mass is 474 g/mol. The number of fused-ring (bicyclic) bond motifs is 1. The van der Waals surface area contributed by atoms with Crippen molar-refractivity contribution in [1.29, 1.82) is 0 Å². The van der Waals surface area contributed by atoms with Crippen LogP contribution in [0.2, 0.25) is 0 Å². The topological polar surface area (TPSA) is 123 Å². The molecule has 0 radical (unpaired) electrons. The molecule has 0 atom stereocenters. The molecular weight excluding hydrogens is 456 g/mol. The number of hydrazone groups is 1. The van der Waals surface area contributed by atoms with Gasteiger partial charge in [0.25, 0.3) is 17.5 Å². The van der Waals surface area contributed by atoms with Gasteiger partial charge in [0.2, 0.25) is 0 Å². The van der Waals surface area contributed by atoms with Crippen molar-refractivity contribution in [3.63, 3.8) is 0 Å². The second-order valence-corrected chi connectivity index (χ2v) is 8.14. The van der Waals surface area contributed by atoms with Crippen LogP contribution >= 0.6 is 11.3 Å². The molecule has 34 heavy (non-hydrogen) atoms. The summed E-state index contributed by atoms with van der Waals surface area (Å²) in [7, 11) is 0. The van der Waals surface area contributed by atoms with Crippen molar-refractivity contribution in [2.24, 2.45) is 5.10 Å². The number of anilines is 1. The van der Waals surface area contributed by atoms with E-state index in [1.807, 2.05) is 18.2 Å². The van der Waals surface area contributed by atoms with Crippen LogP contribution in [-0.2, 0) is 4.79 Å². The van der Waals surface area contributed by atoms with Gasteiger partial charge in [-0.3, -0.25) is 19.7 Å². The Kier molecular flexibility index (Phi) is 6.89. The molecule has 3 aromatic carbocycles. The zero-order chi connectivity index (χ0) is 23.9. The molecule has 0 unspecified atom stereocenters. The van der Waals surface area contributed by atoms with E-state index in [1.54, 1.807) is 48.5 Å². The highest BCUT2D eigenvalue weighted by Crippen LogP contribution is 2.28. The average Bonchev–Trinajstić information content (AvgIpc) is 3.28. The van der Waals surface area contributed by atoms with Gasteiger partial charge in [-0.1, -0.05) is 18.2 Å². The lowest BCUT2D eigenvalue weighted by Gasteiger charge is -2.07. The molecule has 4 aromatic rings. The molecule has 4 rings (SSSR count). The lowest BCUT2D eigenvalue weighted by Crippen LogP contribution is -2.20. The second kappa shape index (κ2) is 10.4. The fourth-order valence-electron chi connectivity index (χ4n) is 2.99. The quantitative estimate of drug-likeness (QED) is 0.220. The summed E-state index contributed by atoms with van der Waals surface area (Å²) in [5.41, 5.74) is 3.83. The van der Waals surface area contributed by atoms with Gasteiger partial charge in [-0.15, -0.1) is 11.3 Å². The zero-order valence-electron chi connectivity index (χ0n) is 17.6. The predicted octanol–water partition coefficient (Wildman–Crippen LogP) is 4.59. The minimum absolute atomic E-state index is 0.0282. The molecule has 0 aliphatic rings. The Morgan fingerprint density at radius 1 is 1.03 bits per heavy atom. The average molecular weight is 474 g/mol. The number of thiophene rings is 1. The van der Waals surface area contributed by atoms with E-state index in [9.17, 15) is 19.7 Å².